The second-order valence-corrected chi connectivity index (χ2v) is 4.95. The van der Waals surface area contributed by atoms with Gasteiger partial charge in [0, 0.05) is 18.6 Å². The van der Waals surface area contributed by atoms with Crippen LogP contribution < -0.4 is 16.0 Å². The van der Waals surface area contributed by atoms with Gasteiger partial charge in [-0.05, 0) is 49.6 Å². The van der Waals surface area contributed by atoms with E-state index in [2.05, 4.69) is 15.4 Å². The van der Waals surface area contributed by atoms with Crippen LogP contribution in [0.3, 0.4) is 0 Å². The van der Waals surface area contributed by atoms with Gasteiger partial charge in [0.1, 0.15) is 5.75 Å². The molecule has 0 aliphatic rings. The number of rotatable bonds is 5. The Hall–Kier alpha value is -1.98. The highest BCUT2D eigenvalue weighted by Gasteiger charge is 2.16. The third kappa shape index (κ3) is 3.31. The van der Waals surface area contributed by atoms with Gasteiger partial charge in [-0.25, -0.2) is 5.43 Å². The van der Waals surface area contributed by atoms with Crippen LogP contribution in [-0.2, 0) is 0 Å². The Bertz CT molecular complexity index is 571. The normalized spacial score (nSPS) is 12.4. The van der Waals surface area contributed by atoms with E-state index < -0.39 is 0 Å². The number of pyridine rings is 2. The molecule has 0 bridgehead atoms. The molecule has 1 unspecified atom stereocenters. The Morgan fingerprint density at radius 2 is 2.00 bits per heavy atom. The first-order chi connectivity index (χ1) is 9.61. The maximum absolute atomic E-state index is 5.72. The Morgan fingerprint density at radius 1 is 1.20 bits per heavy atom. The minimum atomic E-state index is -0.138. The molecule has 2 aromatic rings. The van der Waals surface area contributed by atoms with Crippen molar-refractivity contribution in [2.24, 2.45) is 5.84 Å². The summed E-state index contributed by atoms with van der Waals surface area (Å²) in [5, 5.41) is 0. The van der Waals surface area contributed by atoms with Crippen LogP contribution in [0.1, 0.15) is 36.6 Å². The van der Waals surface area contributed by atoms with Gasteiger partial charge in [0.05, 0.1) is 18.3 Å². The van der Waals surface area contributed by atoms with Crippen molar-refractivity contribution in [2.45, 2.75) is 32.9 Å². The topological polar surface area (TPSA) is 73.1 Å². The lowest BCUT2D eigenvalue weighted by atomic mass is 9.98. The van der Waals surface area contributed by atoms with Gasteiger partial charge in [0.2, 0.25) is 0 Å². The molecule has 2 heterocycles. The largest absolute Gasteiger partial charge is 0.489 e. The fourth-order valence-electron chi connectivity index (χ4n) is 2.10. The van der Waals surface area contributed by atoms with E-state index in [1.165, 1.54) is 0 Å². The van der Waals surface area contributed by atoms with Crippen molar-refractivity contribution in [3.63, 3.8) is 0 Å². The van der Waals surface area contributed by atoms with Crippen molar-refractivity contribution < 1.29 is 4.74 Å². The second kappa shape index (κ2) is 6.45. The molecule has 2 rings (SSSR count). The monoisotopic (exact) mass is 272 g/mol. The summed E-state index contributed by atoms with van der Waals surface area (Å²) in [5.41, 5.74) is 5.94. The Balaban J connectivity index is 2.35. The highest BCUT2D eigenvalue weighted by atomic mass is 16.5. The molecule has 3 N–H and O–H groups in total. The van der Waals surface area contributed by atoms with E-state index in [9.17, 15) is 0 Å². The van der Waals surface area contributed by atoms with E-state index >= 15 is 0 Å². The lowest BCUT2D eigenvalue weighted by Gasteiger charge is -2.19. The summed E-state index contributed by atoms with van der Waals surface area (Å²) in [6.45, 7) is 5.98. The molecule has 0 radical (unpaired) electrons. The SMILES string of the molecule is Cc1cnccc1C(NN)c1cncc(OC(C)C)c1. The molecule has 2 aromatic heterocycles. The van der Waals surface area contributed by atoms with E-state index in [1.54, 1.807) is 18.6 Å². The van der Waals surface area contributed by atoms with E-state index in [0.717, 1.165) is 22.4 Å². The molecule has 0 aliphatic heterocycles. The molecule has 0 amide bonds. The summed E-state index contributed by atoms with van der Waals surface area (Å²) in [4.78, 5) is 8.33. The van der Waals surface area contributed by atoms with Crippen LogP contribution >= 0.6 is 0 Å². The van der Waals surface area contributed by atoms with Crippen LogP contribution in [0, 0.1) is 6.92 Å². The molecular formula is C15H20N4O. The number of hydrogen-bond donors (Lipinski definition) is 2. The summed E-state index contributed by atoms with van der Waals surface area (Å²) < 4.78 is 5.67. The van der Waals surface area contributed by atoms with E-state index in [4.69, 9.17) is 10.6 Å². The average molecular weight is 272 g/mol. The molecule has 0 spiro atoms. The zero-order chi connectivity index (χ0) is 14.5. The van der Waals surface area contributed by atoms with Crippen molar-refractivity contribution in [3.05, 3.63) is 53.6 Å². The lowest BCUT2D eigenvalue weighted by molar-refractivity contribution is 0.241. The predicted octanol–water partition coefficient (Wildman–Crippen LogP) is 2.12. The van der Waals surface area contributed by atoms with Crippen molar-refractivity contribution in [1.29, 1.82) is 0 Å². The van der Waals surface area contributed by atoms with Crippen molar-refractivity contribution in [3.8, 4) is 5.75 Å². The number of ether oxygens (including phenoxy) is 1. The molecule has 0 fully saturated rings. The Labute approximate surface area is 119 Å². The third-order valence-corrected chi connectivity index (χ3v) is 2.98. The van der Waals surface area contributed by atoms with Gasteiger partial charge >= 0.3 is 0 Å². The van der Waals surface area contributed by atoms with E-state index in [1.807, 2.05) is 39.1 Å². The molecule has 0 saturated heterocycles. The number of hydrazine groups is 1. The molecule has 1 atom stereocenters. The summed E-state index contributed by atoms with van der Waals surface area (Å²) in [7, 11) is 0. The van der Waals surface area contributed by atoms with Crippen LogP contribution in [0.4, 0.5) is 0 Å². The van der Waals surface area contributed by atoms with Crippen LogP contribution in [0.2, 0.25) is 0 Å². The molecular weight excluding hydrogens is 252 g/mol. The van der Waals surface area contributed by atoms with Crippen molar-refractivity contribution in [2.75, 3.05) is 0 Å². The minimum absolute atomic E-state index is 0.110. The van der Waals surface area contributed by atoms with Gasteiger partial charge in [-0.1, -0.05) is 0 Å². The fraction of sp³-hybridized carbons (Fsp3) is 0.333. The first kappa shape index (κ1) is 14.4. The number of nitrogens with one attached hydrogen (secondary N) is 1. The van der Waals surface area contributed by atoms with Crippen LogP contribution in [0.15, 0.2) is 36.9 Å². The van der Waals surface area contributed by atoms with Gasteiger partial charge < -0.3 is 4.74 Å². The molecule has 0 aromatic carbocycles. The fourth-order valence-corrected chi connectivity index (χ4v) is 2.10. The van der Waals surface area contributed by atoms with Crippen molar-refractivity contribution >= 4 is 0 Å². The van der Waals surface area contributed by atoms with Crippen molar-refractivity contribution in [1.82, 2.24) is 15.4 Å². The summed E-state index contributed by atoms with van der Waals surface area (Å²) >= 11 is 0. The second-order valence-electron chi connectivity index (χ2n) is 4.95. The smallest absolute Gasteiger partial charge is 0.138 e. The lowest BCUT2D eigenvalue weighted by Crippen LogP contribution is -2.29. The number of nitrogens with zero attached hydrogens (tertiary/aromatic N) is 2. The first-order valence-electron chi connectivity index (χ1n) is 6.60. The standard InChI is InChI=1S/C15H20N4O/c1-10(2)20-13-6-12(8-18-9-13)15(19-16)14-4-5-17-7-11(14)3/h4-10,15,19H,16H2,1-3H3. The van der Waals surface area contributed by atoms with Gasteiger partial charge in [-0.3, -0.25) is 15.8 Å². The third-order valence-electron chi connectivity index (χ3n) is 2.98. The maximum Gasteiger partial charge on any atom is 0.138 e. The number of nitrogens with two attached hydrogens (primary N) is 1. The Kier molecular flexibility index (Phi) is 4.65. The van der Waals surface area contributed by atoms with Gasteiger partial charge in [0.25, 0.3) is 0 Å². The molecule has 0 aliphatic carbocycles. The average Bonchev–Trinajstić information content (AvgIpc) is 2.41. The number of hydrogen-bond acceptors (Lipinski definition) is 5. The molecule has 106 valence electrons. The highest BCUT2D eigenvalue weighted by Crippen LogP contribution is 2.25. The molecule has 0 saturated carbocycles. The molecule has 5 heteroatoms. The van der Waals surface area contributed by atoms with E-state index in [-0.39, 0.29) is 12.1 Å². The zero-order valence-electron chi connectivity index (χ0n) is 12.0. The summed E-state index contributed by atoms with van der Waals surface area (Å²) in [6, 6.07) is 3.77. The predicted molar refractivity (Wildman–Crippen MR) is 78.1 cm³/mol. The van der Waals surface area contributed by atoms with E-state index in [0.29, 0.717) is 0 Å². The number of aryl methyl sites for hydroxylation is 1. The minimum Gasteiger partial charge on any atom is -0.489 e. The highest BCUT2D eigenvalue weighted by molar-refractivity contribution is 5.36. The van der Waals surface area contributed by atoms with Gasteiger partial charge in [0.15, 0.2) is 0 Å². The van der Waals surface area contributed by atoms with Crippen LogP contribution in [0.25, 0.3) is 0 Å². The molecule has 5 nitrogen and oxygen atoms in total. The van der Waals surface area contributed by atoms with Crippen LogP contribution in [-0.4, -0.2) is 16.1 Å². The summed E-state index contributed by atoms with van der Waals surface area (Å²) in [6.07, 6.45) is 7.18. The first-order valence-corrected chi connectivity index (χ1v) is 6.60. The maximum atomic E-state index is 5.72. The van der Waals surface area contributed by atoms with Gasteiger partial charge in [-0.15, -0.1) is 0 Å². The quantitative estimate of drug-likeness (QED) is 0.644. The van der Waals surface area contributed by atoms with Crippen LogP contribution in [0.5, 0.6) is 5.75 Å². The zero-order valence-corrected chi connectivity index (χ0v) is 12.0. The molecule has 20 heavy (non-hydrogen) atoms. The van der Waals surface area contributed by atoms with Gasteiger partial charge in [-0.2, -0.15) is 0 Å². The summed E-state index contributed by atoms with van der Waals surface area (Å²) in [5.74, 6) is 6.46. The Morgan fingerprint density at radius 3 is 2.65 bits per heavy atom. The number of aromatic nitrogens is 2.